The van der Waals surface area contributed by atoms with Crippen molar-refractivity contribution in [3.8, 4) is 16.9 Å². The molecular formula is C19H13BrFNO5S. The molecule has 28 heavy (non-hydrogen) atoms. The summed E-state index contributed by atoms with van der Waals surface area (Å²) in [7, 11) is -3.97. The molecular weight excluding hydrogens is 453 g/mol. The van der Waals surface area contributed by atoms with E-state index in [4.69, 9.17) is 0 Å². The van der Waals surface area contributed by atoms with Gasteiger partial charge in [0.2, 0.25) is 0 Å². The van der Waals surface area contributed by atoms with E-state index in [1.54, 1.807) is 12.1 Å². The zero-order chi connectivity index (χ0) is 20.3. The van der Waals surface area contributed by atoms with Gasteiger partial charge in [-0.2, -0.15) is 0 Å². The molecule has 0 heterocycles. The number of benzene rings is 3. The van der Waals surface area contributed by atoms with Gasteiger partial charge in [0.05, 0.1) is 4.90 Å². The molecule has 3 aromatic rings. The molecule has 0 aromatic heterocycles. The van der Waals surface area contributed by atoms with Crippen LogP contribution in [0.25, 0.3) is 11.1 Å². The Kier molecular flexibility index (Phi) is 5.66. The fourth-order valence-corrected chi connectivity index (χ4v) is 3.80. The smallest absolute Gasteiger partial charge is 0.383 e. The normalized spacial score (nSPS) is 11.1. The van der Waals surface area contributed by atoms with E-state index in [1.165, 1.54) is 18.2 Å². The van der Waals surface area contributed by atoms with Gasteiger partial charge in [-0.3, -0.25) is 4.72 Å². The standard InChI is InChI=1S/C19H13BrFNO5S/c20-14-5-1-12(2-6-14)13-3-8-16(9-4-13)28(25,26)22-15-7-10-18(23)17(11-15)19(24)27-21/h1-11,22-23H. The average molecular weight is 466 g/mol. The lowest BCUT2D eigenvalue weighted by Gasteiger charge is -2.10. The van der Waals surface area contributed by atoms with Gasteiger partial charge in [-0.15, -0.1) is 0 Å². The third kappa shape index (κ3) is 4.32. The Balaban J connectivity index is 1.85. The quantitative estimate of drug-likeness (QED) is 0.534. The van der Waals surface area contributed by atoms with Crippen molar-refractivity contribution in [1.29, 1.82) is 0 Å². The minimum atomic E-state index is -3.97. The lowest BCUT2D eigenvalue weighted by Crippen LogP contribution is -2.13. The van der Waals surface area contributed by atoms with Gasteiger partial charge in [0.25, 0.3) is 10.0 Å². The highest BCUT2D eigenvalue weighted by molar-refractivity contribution is 9.10. The highest BCUT2D eigenvalue weighted by Gasteiger charge is 2.18. The highest BCUT2D eigenvalue weighted by Crippen LogP contribution is 2.26. The van der Waals surface area contributed by atoms with E-state index in [0.29, 0.717) is 0 Å². The van der Waals surface area contributed by atoms with E-state index in [-0.39, 0.29) is 10.6 Å². The molecule has 0 spiro atoms. The molecule has 0 fully saturated rings. The molecule has 6 nitrogen and oxygen atoms in total. The summed E-state index contributed by atoms with van der Waals surface area (Å²) >= 11 is 3.36. The van der Waals surface area contributed by atoms with E-state index < -0.39 is 27.3 Å². The maximum Gasteiger partial charge on any atom is 0.383 e. The zero-order valence-corrected chi connectivity index (χ0v) is 16.5. The number of carbonyl (C=O) groups excluding carboxylic acids is 1. The Labute approximate surface area is 168 Å². The van der Waals surface area contributed by atoms with Crippen LogP contribution in [0, 0.1) is 0 Å². The number of phenols is 1. The Morgan fingerprint density at radius 1 is 0.964 bits per heavy atom. The Morgan fingerprint density at radius 2 is 1.54 bits per heavy atom. The van der Waals surface area contributed by atoms with Crippen LogP contribution in [0.15, 0.2) is 76.1 Å². The van der Waals surface area contributed by atoms with E-state index in [0.717, 1.165) is 27.7 Å². The molecule has 0 aliphatic heterocycles. The summed E-state index contributed by atoms with van der Waals surface area (Å²) in [6.07, 6.45) is 0. The van der Waals surface area contributed by atoms with Crippen LogP contribution in [0.5, 0.6) is 5.75 Å². The SMILES string of the molecule is O=C(OF)c1cc(NS(=O)(=O)c2ccc(-c3ccc(Br)cc3)cc2)ccc1O. The number of anilines is 1. The first kappa shape index (κ1) is 19.8. The maximum absolute atomic E-state index is 12.6. The Bertz CT molecular complexity index is 1120. The lowest BCUT2D eigenvalue weighted by molar-refractivity contribution is -0.0789. The molecule has 0 unspecified atom stereocenters. The third-order valence-electron chi connectivity index (χ3n) is 3.88. The van der Waals surface area contributed by atoms with Crippen LogP contribution in [0.2, 0.25) is 0 Å². The van der Waals surface area contributed by atoms with Gasteiger partial charge < -0.3 is 5.11 Å². The highest BCUT2D eigenvalue weighted by atomic mass is 79.9. The number of sulfonamides is 1. The summed E-state index contributed by atoms with van der Waals surface area (Å²) in [6.45, 7) is 0. The number of carbonyl (C=O) groups is 1. The molecule has 9 heteroatoms. The molecule has 0 amide bonds. The van der Waals surface area contributed by atoms with Crippen LogP contribution in [0.4, 0.5) is 10.2 Å². The predicted molar refractivity (Wildman–Crippen MR) is 105 cm³/mol. The van der Waals surface area contributed by atoms with Gasteiger partial charge in [-0.1, -0.05) is 40.2 Å². The van der Waals surface area contributed by atoms with Crippen LogP contribution in [0.3, 0.4) is 0 Å². The number of nitrogens with one attached hydrogen (secondary N) is 1. The molecule has 0 bridgehead atoms. The van der Waals surface area contributed by atoms with Crippen molar-refractivity contribution in [3.63, 3.8) is 0 Å². The molecule has 0 aliphatic carbocycles. The molecule has 3 aromatic carbocycles. The summed E-state index contributed by atoms with van der Waals surface area (Å²) in [5, 5.41) is 9.56. The van der Waals surface area contributed by atoms with Gasteiger partial charge in [-0.05, 0) is 53.6 Å². The van der Waals surface area contributed by atoms with E-state index >= 15 is 0 Å². The fraction of sp³-hybridized carbons (Fsp3) is 0. The molecule has 3 rings (SSSR count). The predicted octanol–water partition coefficient (Wildman–Crippen LogP) is 4.66. The first-order valence-corrected chi connectivity index (χ1v) is 10.1. The van der Waals surface area contributed by atoms with Crippen LogP contribution in [-0.2, 0) is 15.0 Å². The van der Waals surface area contributed by atoms with E-state index in [1.807, 2.05) is 24.3 Å². The van der Waals surface area contributed by atoms with Crippen LogP contribution < -0.4 is 4.72 Å². The molecule has 2 N–H and O–H groups in total. The van der Waals surface area contributed by atoms with Gasteiger partial charge in [0.1, 0.15) is 11.3 Å². The topological polar surface area (TPSA) is 92.7 Å². The largest absolute Gasteiger partial charge is 0.507 e. The van der Waals surface area contributed by atoms with Crippen molar-refractivity contribution in [3.05, 3.63) is 76.8 Å². The maximum atomic E-state index is 12.6. The molecule has 0 radical (unpaired) electrons. The molecule has 0 saturated carbocycles. The van der Waals surface area contributed by atoms with Crippen molar-refractivity contribution < 1.29 is 27.8 Å². The number of aromatic hydroxyl groups is 1. The minimum Gasteiger partial charge on any atom is -0.507 e. The van der Waals surface area contributed by atoms with Crippen LogP contribution in [0.1, 0.15) is 10.4 Å². The van der Waals surface area contributed by atoms with Crippen molar-refractivity contribution in [1.82, 2.24) is 0 Å². The first-order valence-electron chi connectivity index (χ1n) is 7.85. The molecule has 144 valence electrons. The first-order chi connectivity index (χ1) is 13.3. The number of hydrogen-bond acceptors (Lipinski definition) is 5. The third-order valence-corrected chi connectivity index (χ3v) is 5.81. The number of phenolic OH excluding ortho intramolecular Hbond substituents is 1. The summed E-state index contributed by atoms with van der Waals surface area (Å²) < 4.78 is 40.4. The van der Waals surface area contributed by atoms with Crippen LogP contribution in [-0.4, -0.2) is 19.5 Å². The molecule has 0 atom stereocenters. The zero-order valence-electron chi connectivity index (χ0n) is 14.1. The summed E-state index contributed by atoms with van der Waals surface area (Å²) in [5.41, 5.74) is 1.22. The Hall–Kier alpha value is -2.91. The summed E-state index contributed by atoms with van der Waals surface area (Å²) in [6, 6.07) is 17.0. The van der Waals surface area contributed by atoms with Crippen molar-refractivity contribution in [2.24, 2.45) is 0 Å². The molecule has 0 saturated heterocycles. The van der Waals surface area contributed by atoms with Gasteiger partial charge >= 0.3 is 5.97 Å². The van der Waals surface area contributed by atoms with Gasteiger partial charge in [-0.25, -0.2) is 18.2 Å². The monoisotopic (exact) mass is 465 g/mol. The molecule has 0 aliphatic rings. The number of rotatable bonds is 5. The van der Waals surface area contributed by atoms with Crippen molar-refractivity contribution in [2.45, 2.75) is 4.90 Å². The number of hydrogen-bond donors (Lipinski definition) is 2. The van der Waals surface area contributed by atoms with Crippen molar-refractivity contribution >= 4 is 37.6 Å². The minimum absolute atomic E-state index is 0.00365. The van der Waals surface area contributed by atoms with Crippen LogP contribution >= 0.6 is 15.9 Å². The second-order valence-electron chi connectivity index (χ2n) is 5.73. The number of halogens is 2. The second-order valence-corrected chi connectivity index (χ2v) is 8.33. The van der Waals surface area contributed by atoms with E-state index in [2.05, 4.69) is 25.6 Å². The van der Waals surface area contributed by atoms with E-state index in [9.17, 15) is 22.8 Å². The Morgan fingerprint density at radius 3 is 2.11 bits per heavy atom. The average Bonchev–Trinajstić information content (AvgIpc) is 2.69. The summed E-state index contributed by atoms with van der Waals surface area (Å²) in [4.78, 5) is 14.3. The second kappa shape index (κ2) is 7.99. The van der Waals surface area contributed by atoms with Gasteiger partial charge in [0.15, 0.2) is 0 Å². The fourth-order valence-electron chi connectivity index (χ4n) is 2.49. The van der Waals surface area contributed by atoms with Crippen molar-refractivity contribution in [2.75, 3.05) is 4.72 Å². The van der Waals surface area contributed by atoms with Gasteiger partial charge in [0, 0.05) is 14.7 Å². The summed E-state index contributed by atoms with van der Waals surface area (Å²) in [5.74, 6) is -1.97. The lowest BCUT2D eigenvalue weighted by atomic mass is 10.1.